The SMILES string of the molecule is CCN(/N=C/c1cc(C)c(O)c(C)c1)c1ccc(C)cc1. The molecule has 0 saturated carbocycles. The van der Waals surface area contributed by atoms with E-state index in [1.165, 1.54) is 5.56 Å². The van der Waals surface area contributed by atoms with Gasteiger partial charge in [0.1, 0.15) is 5.75 Å². The highest BCUT2D eigenvalue weighted by Gasteiger charge is 2.04. The summed E-state index contributed by atoms with van der Waals surface area (Å²) in [4.78, 5) is 0. The average Bonchev–Trinajstić information content (AvgIpc) is 2.47. The number of nitrogens with zero attached hydrogens (tertiary/aromatic N) is 2. The van der Waals surface area contributed by atoms with Crippen LogP contribution in [0.1, 0.15) is 29.2 Å². The van der Waals surface area contributed by atoms with Crippen molar-refractivity contribution in [2.24, 2.45) is 5.10 Å². The normalized spacial score (nSPS) is 11.0. The second-order valence-electron chi connectivity index (χ2n) is 5.30. The maximum absolute atomic E-state index is 9.80. The Labute approximate surface area is 126 Å². The van der Waals surface area contributed by atoms with Crippen LogP contribution < -0.4 is 5.01 Å². The Balaban J connectivity index is 2.24. The number of anilines is 1. The lowest BCUT2D eigenvalue weighted by molar-refractivity contribution is 0.467. The molecule has 2 aromatic rings. The van der Waals surface area contributed by atoms with Crippen LogP contribution in [0.2, 0.25) is 0 Å². The summed E-state index contributed by atoms with van der Waals surface area (Å²) in [5.41, 5.74) is 5.05. The van der Waals surface area contributed by atoms with Gasteiger partial charge in [-0.15, -0.1) is 0 Å². The fraction of sp³-hybridized carbons (Fsp3) is 0.278. The highest BCUT2D eigenvalue weighted by molar-refractivity contribution is 5.81. The smallest absolute Gasteiger partial charge is 0.121 e. The van der Waals surface area contributed by atoms with Gasteiger partial charge in [-0.05, 0) is 68.7 Å². The fourth-order valence-electron chi connectivity index (χ4n) is 2.25. The molecule has 0 spiro atoms. The van der Waals surface area contributed by atoms with Crippen molar-refractivity contribution in [1.82, 2.24) is 0 Å². The first-order valence-electron chi connectivity index (χ1n) is 7.19. The third-order valence-corrected chi connectivity index (χ3v) is 3.49. The molecule has 0 saturated heterocycles. The Kier molecular flexibility index (Phi) is 4.63. The zero-order chi connectivity index (χ0) is 15.4. The molecule has 2 rings (SSSR count). The molecule has 1 N–H and O–H groups in total. The van der Waals surface area contributed by atoms with Crippen LogP contribution in [-0.2, 0) is 0 Å². The highest BCUT2D eigenvalue weighted by Crippen LogP contribution is 2.22. The molecule has 3 nitrogen and oxygen atoms in total. The van der Waals surface area contributed by atoms with Gasteiger partial charge in [0, 0.05) is 6.54 Å². The molecular weight excluding hydrogens is 260 g/mol. The van der Waals surface area contributed by atoms with Crippen molar-refractivity contribution >= 4 is 11.9 Å². The minimum atomic E-state index is 0.359. The van der Waals surface area contributed by atoms with Gasteiger partial charge in [0.05, 0.1) is 11.9 Å². The lowest BCUT2D eigenvalue weighted by atomic mass is 10.1. The zero-order valence-corrected chi connectivity index (χ0v) is 13.1. The molecule has 0 atom stereocenters. The van der Waals surface area contributed by atoms with E-state index in [1.807, 2.05) is 37.2 Å². The van der Waals surface area contributed by atoms with Crippen molar-refractivity contribution < 1.29 is 5.11 Å². The summed E-state index contributed by atoms with van der Waals surface area (Å²) in [5.74, 6) is 0.359. The molecular formula is C18H22N2O. The molecule has 0 unspecified atom stereocenters. The van der Waals surface area contributed by atoms with Crippen molar-refractivity contribution in [2.75, 3.05) is 11.6 Å². The summed E-state index contributed by atoms with van der Waals surface area (Å²) in [5, 5.41) is 16.3. The van der Waals surface area contributed by atoms with Crippen molar-refractivity contribution in [2.45, 2.75) is 27.7 Å². The van der Waals surface area contributed by atoms with Crippen LogP contribution in [-0.4, -0.2) is 17.9 Å². The van der Waals surface area contributed by atoms with E-state index in [9.17, 15) is 5.11 Å². The second kappa shape index (κ2) is 6.44. The van der Waals surface area contributed by atoms with Gasteiger partial charge < -0.3 is 5.11 Å². The van der Waals surface area contributed by atoms with Gasteiger partial charge >= 0.3 is 0 Å². The number of hydrogen-bond acceptors (Lipinski definition) is 3. The number of hydrogen-bond donors (Lipinski definition) is 1. The first-order valence-corrected chi connectivity index (χ1v) is 7.19. The van der Waals surface area contributed by atoms with Crippen LogP contribution in [0.25, 0.3) is 0 Å². The first kappa shape index (κ1) is 15.1. The molecule has 0 amide bonds. The van der Waals surface area contributed by atoms with E-state index < -0.39 is 0 Å². The largest absolute Gasteiger partial charge is 0.507 e. The average molecular weight is 282 g/mol. The van der Waals surface area contributed by atoms with Gasteiger partial charge in [0.25, 0.3) is 0 Å². The summed E-state index contributed by atoms with van der Waals surface area (Å²) in [6.45, 7) is 8.75. The third kappa shape index (κ3) is 3.63. The Bertz CT molecular complexity index is 622. The summed E-state index contributed by atoms with van der Waals surface area (Å²) >= 11 is 0. The number of phenolic OH excluding ortho intramolecular Hbond substituents is 1. The first-order chi connectivity index (χ1) is 10.0. The standard InChI is InChI=1S/C18H22N2O/c1-5-20(17-8-6-13(2)7-9-17)19-12-16-10-14(3)18(21)15(4)11-16/h6-12,21H,5H2,1-4H3/b19-12+. The minimum Gasteiger partial charge on any atom is -0.507 e. The van der Waals surface area contributed by atoms with E-state index in [1.54, 1.807) is 0 Å². The summed E-state index contributed by atoms with van der Waals surface area (Å²) < 4.78 is 0. The summed E-state index contributed by atoms with van der Waals surface area (Å²) in [7, 11) is 0. The van der Waals surface area contributed by atoms with Gasteiger partial charge in [0.2, 0.25) is 0 Å². The zero-order valence-electron chi connectivity index (χ0n) is 13.1. The molecule has 0 aliphatic carbocycles. The molecule has 110 valence electrons. The van der Waals surface area contributed by atoms with Crippen LogP contribution in [0.4, 0.5) is 5.69 Å². The maximum Gasteiger partial charge on any atom is 0.121 e. The van der Waals surface area contributed by atoms with Gasteiger partial charge in [-0.1, -0.05) is 17.7 Å². The lowest BCUT2D eigenvalue weighted by Crippen LogP contribution is -2.15. The fourth-order valence-corrected chi connectivity index (χ4v) is 2.25. The Morgan fingerprint density at radius 1 is 1.05 bits per heavy atom. The Morgan fingerprint density at radius 2 is 1.62 bits per heavy atom. The van der Waals surface area contributed by atoms with Crippen molar-refractivity contribution in [3.8, 4) is 5.75 Å². The van der Waals surface area contributed by atoms with Gasteiger partial charge in [0.15, 0.2) is 0 Å². The van der Waals surface area contributed by atoms with Crippen molar-refractivity contribution in [1.29, 1.82) is 0 Å². The van der Waals surface area contributed by atoms with Crippen LogP contribution in [0.3, 0.4) is 0 Å². The van der Waals surface area contributed by atoms with Crippen molar-refractivity contribution in [3.63, 3.8) is 0 Å². The molecule has 0 heterocycles. The third-order valence-electron chi connectivity index (χ3n) is 3.49. The number of aryl methyl sites for hydroxylation is 3. The van der Waals surface area contributed by atoms with E-state index in [2.05, 4.69) is 43.2 Å². The van der Waals surface area contributed by atoms with Crippen LogP contribution in [0.15, 0.2) is 41.5 Å². The predicted molar refractivity (Wildman–Crippen MR) is 89.4 cm³/mol. The summed E-state index contributed by atoms with van der Waals surface area (Å²) in [6.07, 6.45) is 1.84. The quantitative estimate of drug-likeness (QED) is 0.674. The maximum atomic E-state index is 9.80. The molecule has 0 fully saturated rings. The van der Waals surface area contributed by atoms with Crippen LogP contribution >= 0.6 is 0 Å². The second-order valence-corrected chi connectivity index (χ2v) is 5.30. The number of benzene rings is 2. The number of rotatable bonds is 4. The Morgan fingerprint density at radius 3 is 2.14 bits per heavy atom. The number of aromatic hydroxyl groups is 1. The number of phenols is 1. The van der Waals surface area contributed by atoms with E-state index in [0.717, 1.165) is 28.9 Å². The summed E-state index contributed by atoms with van der Waals surface area (Å²) in [6, 6.07) is 12.2. The van der Waals surface area contributed by atoms with Gasteiger partial charge in [-0.3, -0.25) is 5.01 Å². The Hall–Kier alpha value is -2.29. The molecule has 0 aromatic heterocycles. The monoisotopic (exact) mass is 282 g/mol. The predicted octanol–water partition coefficient (Wildman–Crippen LogP) is 4.18. The lowest BCUT2D eigenvalue weighted by Gasteiger charge is -2.17. The minimum absolute atomic E-state index is 0.359. The van der Waals surface area contributed by atoms with E-state index in [4.69, 9.17) is 0 Å². The van der Waals surface area contributed by atoms with E-state index in [-0.39, 0.29) is 0 Å². The van der Waals surface area contributed by atoms with Crippen LogP contribution in [0.5, 0.6) is 5.75 Å². The molecule has 0 radical (unpaired) electrons. The molecule has 0 aliphatic heterocycles. The number of hydrazone groups is 1. The van der Waals surface area contributed by atoms with Crippen molar-refractivity contribution in [3.05, 3.63) is 58.7 Å². The topological polar surface area (TPSA) is 35.8 Å². The molecule has 3 heteroatoms. The molecule has 2 aromatic carbocycles. The van der Waals surface area contributed by atoms with Gasteiger partial charge in [-0.25, -0.2) is 0 Å². The molecule has 21 heavy (non-hydrogen) atoms. The highest BCUT2D eigenvalue weighted by atomic mass is 16.3. The molecule has 0 bridgehead atoms. The van der Waals surface area contributed by atoms with Crippen LogP contribution in [0, 0.1) is 20.8 Å². The van der Waals surface area contributed by atoms with Gasteiger partial charge in [-0.2, -0.15) is 5.10 Å². The van der Waals surface area contributed by atoms with E-state index >= 15 is 0 Å². The molecule has 0 aliphatic rings. The van der Waals surface area contributed by atoms with E-state index in [0.29, 0.717) is 5.75 Å².